The van der Waals surface area contributed by atoms with Crippen LogP contribution in [-0.4, -0.2) is 6.21 Å². The average molecular weight is 123 g/mol. The molecule has 2 heterocycles. The van der Waals surface area contributed by atoms with Gasteiger partial charge in [0.1, 0.15) is 5.69 Å². The third kappa shape index (κ3) is 0.391. The van der Waals surface area contributed by atoms with Crippen molar-refractivity contribution in [3.05, 3.63) is 16.3 Å². The molecule has 39 valence electrons. The molecule has 0 unspecified atom stereocenters. The normalized spacial score (nSPS) is 13.5. The quantitative estimate of drug-likeness (QED) is 0.497. The van der Waals surface area contributed by atoms with E-state index >= 15 is 0 Å². The number of rotatable bonds is 0. The lowest BCUT2D eigenvalue weighted by molar-refractivity contribution is 0.994. The number of nitrogens with zero attached hydrogens (tertiary/aromatic N) is 2. The van der Waals surface area contributed by atoms with Gasteiger partial charge in [-0.15, -0.1) is 16.8 Å². The predicted molar refractivity (Wildman–Crippen MR) is 33.7 cm³/mol. The number of hydrogen-bond donors (Lipinski definition) is 0. The summed E-state index contributed by atoms with van der Waals surface area (Å²) < 4.78 is 0. The third-order valence-corrected chi connectivity index (χ3v) is 1.85. The highest BCUT2D eigenvalue weighted by molar-refractivity contribution is 7.12. The highest BCUT2D eigenvalue weighted by Crippen LogP contribution is 2.23. The van der Waals surface area contributed by atoms with E-state index in [0.717, 1.165) is 5.69 Å². The van der Waals surface area contributed by atoms with Crippen LogP contribution in [0.1, 0.15) is 4.88 Å². The summed E-state index contributed by atoms with van der Waals surface area (Å²) in [5, 5.41) is 5.73. The van der Waals surface area contributed by atoms with Gasteiger partial charge in [-0.3, -0.25) is 0 Å². The number of thiophene rings is 1. The molecule has 0 atom stereocenters. The van der Waals surface area contributed by atoms with E-state index in [4.69, 9.17) is 0 Å². The largest absolute Gasteiger partial charge is 0.157 e. The Morgan fingerprint density at radius 2 is 2.50 bits per heavy atom. The lowest BCUT2D eigenvalue weighted by Crippen LogP contribution is -1.73. The summed E-state index contributed by atoms with van der Waals surface area (Å²) in [6.07, 6.45) is 1.78. The Morgan fingerprint density at radius 3 is 3.38 bits per heavy atom. The first-order valence-electron chi connectivity index (χ1n) is 2.28. The fraction of sp³-hybridized carbons (Fsp3) is 0. The molecule has 3 heteroatoms. The summed E-state index contributed by atoms with van der Waals surface area (Å²) >= 11 is 1.67. The Hall–Kier alpha value is -0.830. The summed E-state index contributed by atoms with van der Waals surface area (Å²) in [4.78, 5) is 1.17. The van der Waals surface area contributed by atoms with Crippen molar-refractivity contribution in [2.45, 2.75) is 0 Å². The molecule has 2 rings (SSSR count). The summed E-state index contributed by atoms with van der Waals surface area (Å²) in [6.45, 7) is 0. The topological polar surface area (TPSA) is 26.5 Å². The highest BCUT2D eigenvalue weighted by Gasteiger charge is 2.06. The van der Waals surface area contributed by atoms with Crippen LogP contribution in [0.5, 0.6) is 0 Å². The maximum atomic E-state index is 3.84. The number of fused-ring (bicyclic) bond motifs is 1. The SMILES string of the molecule is C1=N[N]c2ccsc21. The fourth-order valence-corrected chi connectivity index (χ4v) is 1.32. The average Bonchev–Trinajstić information content (AvgIpc) is 2.15. The van der Waals surface area contributed by atoms with Gasteiger partial charge in [0.25, 0.3) is 0 Å². The summed E-state index contributed by atoms with van der Waals surface area (Å²) in [5.41, 5.74) is 4.85. The van der Waals surface area contributed by atoms with Crippen molar-refractivity contribution in [1.82, 2.24) is 5.43 Å². The Morgan fingerprint density at radius 1 is 1.50 bits per heavy atom. The zero-order chi connectivity index (χ0) is 5.40. The minimum atomic E-state index is 1.01. The van der Waals surface area contributed by atoms with Gasteiger partial charge in [0.2, 0.25) is 0 Å². The van der Waals surface area contributed by atoms with Crippen molar-refractivity contribution in [3.63, 3.8) is 0 Å². The van der Waals surface area contributed by atoms with Crippen LogP contribution in [0.3, 0.4) is 0 Å². The van der Waals surface area contributed by atoms with E-state index in [0.29, 0.717) is 0 Å². The molecule has 0 saturated carbocycles. The van der Waals surface area contributed by atoms with E-state index in [9.17, 15) is 0 Å². The van der Waals surface area contributed by atoms with Crippen molar-refractivity contribution < 1.29 is 0 Å². The van der Waals surface area contributed by atoms with E-state index in [1.165, 1.54) is 4.88 Å². The van der Waals surface area contributed by atoms with E-state index in [-0.39, 0.29) is 0 Å². The second-order valence-corrected chi connectivity index (χ2v) is 2.46. The first-order valence-corrected chi connectivity index (χ1v) is 3.16. The van der Waals surface area contributed by atoms with Gasteiger partial charge in [-0.25, -0.2) is 0 Å². The van der Waals surface area contributed by atoms with Crippen LogP contribution in [0.15, 0.2) is 16.5 Å². The molecule has 0 saturated heterocycles. The van der Waals surface area contributed by atoms with Gasteiger partial charge < -0.3 is 0 Å². The molecule has 8 heavy (non-hydrogen) atoms. The second kappa shape index (κ2) is 1.32. The van der Waals surface area contributed by atoms with Crippen LogP contribution < -0.4 is 5.43 Å². The molecule has 2 nitrogen and oxygen atoms in total. The van der Waals surface area contributed by atoms with Crippen molar-refractivity contribution in [2.24, 2.45) is 5.10 Å². The molecule has 1 aromatic heterocycles. The molecule has 1 aliphatic heterocycles. The predicted octanol–water partition coefficient (Wildman–Crippen LogP) is 1.33. The van der Waals surface area contributed by atoms with Crippen LogP contribution in [0.2, 0.25) is 0 Å². The standard InChI is InChI=1S/C5H3N2S/c1-2-8-5-3-6-7-4(1)5/h1-3H. The molecule has 0 fully saturated rings. The maximum absolute atomic E-state index is 3.84. The van der Waals surface area contributed by atoms with Gasteiger partial charge in [-0.2, -0.15) is 5.10 Å². The van der Waals surface area contributed by atoms with Gasteiger partial charge in [-0.05, 0) is 11.4 Å². The first-order chi connectivity index (χ1) is 3.97. The Kier molecular flexibility index (Phi) is 0.676. The van der Waals surface area contributed by atoms with Crippen molar-refractivity contribution in [3.8, 4) is 0 Å². The first kappa shape index (κ1) is 4.09. The van der Waals surface area contributed by atoms with Crippen LogP contribution in [0.4, 0.5) is 5.69 Å². The molecule has 1 aliphatic rings. The maximum Gasteiger partial charge on any atom is 0.105 e. The summed E-state index contributed by atoms with van der Waals surface area (Å²) in [6, 6.07) is 1.97. The molecular weight excluding hydrogens is 120 g/mol. The van der Waals surface area contributed by atoms with Gasteiger partial charge in [-0.1, -0.05) is 0 Å². The smallest absolute Gasteiger partial charge is 0.105 e. The van der Waals surface area contributed by atoms with Crippen molar-refractivity contribution in [2.75, 3.05) is 0 Å². The molecule has 0 bridgehead atoms. The molecule has 0 amide bonds. The van der Waals surface area contributed by atoms with Crippen LogP contribution in [0.25, 0.3) is 0 Å². The molecule has 0 N–H and O–H groups in total. The molecule has 1 radical (unpaired) electrons. The van der Waals surface area contributed by atoms with E-state index in [1.807, 2.05) is 11.4 Å². The summed E-state index contributed by atoms with van der Waals surface area (Å²) in [5.74, 6) is 0. The number of hydrogen-bond acceptors (Lipinski definition) is 2. The van der Waals surface area contributed by atoms with Crippen molar-refractivity contribution in [1.29, 1.82) is 0 Å². The molecular formula is C5H3N2S. The van der Waals surface area contributed by atoms with Gasteiger partial charge in [0.15, 0.2) is 0 Å². The van der Waals surface area contributed by atoms with Crippen LogP contribution in [-0.2, 0) is 0 Å². The third-order valence-electron chi connectivity index (χ3n) is 1.01. The van der Waals surface area contributed by atoms with Crippen LogP contribution >= 0.6 is 11.3 Å². The lowest BCUT2D eigenvalue weighted by Gasteiger charge is -1.77. The molecule has 0 aromatic carbocycles. The Balaban J connectivity index is 2.67. The fourth-order valence-electron chi connectivity index (χ4n) is 0.637. The summed E-state index contributed by atoms with van der Waals surface area (Å²) in [7, 11) is 0. The Bertz CT molecular complexity index is 226. The minimum absolute atomic E-state index is 1.01. The van der Waals surface area contributed by atoms with E-state index in [1.54, 1.807) is 17.6 Å². The van der Waals surface area contributed by atoms with Crippen LogP contribution in [0, 0.1) is 0 Å². The highest BCUT2D eigenvalue weighted by atomic mass is 32.1. The monoisotopic (exact) mass is 123 g/mol. The van der Waals surface area contributed by atoms with Gasteiger partial charge in [0, 0.05) is 0 Å². The van der Waals surface area contributed by atoms with Gasteiger partial charge in [0.05, 0.1) is 11.1 Å². The molecule has 0 spiro atoms. The molecule has 0 aliphatic carbocycles. The second-order valence-electron chi connectivity index (χ2n) is 1.51. The van der Waals surface area contributed by atoms with Gasteiger partial charge >= 0.3 is 0 Å². The van der Waals surface area contributed by atoms with E-state index < -0.39 is 0 Å². The zero-order valence-electron chi connectivity index (χ0n) is 4.03. The Labute approximate surface area is 50.8 Å². The zero-order valence-corrected chi connectivity index (χ0v) is 4.85. The van der Waals surface area contributed by atoms with E-state index in [2.05, 4.69) is 10.5 Å². The molecule has 1 aromatic rings. The minimum Gasteiger partial charge on any atom is -0.157 e. The van der Waals surface area contributed by atoms with Crippen molar-refractivity contribution >= 4 is 23.2 Å². The lowest BCUT2D eigenvalue weighted by atomic mass is 10.4.